The Kier molecular flexibility index (Phi) is 5.42. The van der Waals surface area contributed by atoms with E-state index in [1.807, 2.05) is 12.1 Å². The van der Waals surface area contributed by atoms with Crippen molar-refractivity contribution >= 4 is 23.1 Å². The van der Waals surface area contributed by atoms with Gasteiger partial charge in [-0.3, -0.25) is 4.57 Å². The molecule has 6 nitrogen and oxygen atoms in total. The second-order valence-electron chi connectivity index (χ2n) is 8.24. The minimum Gasteiger partial charge on any atom is -0.398 e. The van der Waals surface area contributed by atoms with E-state index in [1.54, 1.807) is 43.8 Å². The van der Waals surface area contributed by atoms with E-state index in [-0.39, 0.29) is 5.69 Å². The molecule has 2 aromatic carbocycles. The van der Waals surface area contributed by atoms with E-state index in [0.717, 1.165) is 37.3 Å². The van der Waals surface area contributed by atoms with Crippen LogP contribution >= 0.6 is 11.6 Å². The molecular weight excluding hydrogens is 441 g/mol. The predicted molar refractivity (Wildman–Crippen MR) is 131 cm³/mol. The van der Waals surface area contributed by atoms with Crippen LogP contribution in [0.1, 0.15) is 12.8 Å². The van der Waals surface area contributed by atoms with Gasteiger partial charge >= 0.3 is 5.69 Å². The lowest BCUT2D eigenvalue weighted by Gasteiger charge is -2.18. The first-order chi connectivity index (χ1) is 15.9. The van der Waals surface area contributed by atoms with E-state index in [1.165, 1.54) is 21.3 Å². The molecule has 0 atom stereocenters. The number of hydrogen-bond donors (Lipinski definition) is 1. The van der Waals surface area contributed by atoms with Crippen molar-refractivity contribution in [2.45, 2.75) is 12.8 Å². The summed E-state index contributed by atoms with van der Waals surface area (Å²) in [7, 11) is 1.67. The molecule has 1 fully saturated rings. The maximum Gasteiger partial charge on any atom is 0.332 e. The van der Waals surface area contributed by atoms with Gasteiger partial charge in [-0.15, -0.1) is 0 Å². The summed E-state index contributed by atoms with van der Waals surface area (Å²) in [5, 5.41) is 0.367. The Bertz CT molecular complexity index is 1400. The summed E-state index contributed by atoms with van der Waals surface area (Å²) in [4.78, 5) is 19.0. The molecule has 5 rings (SSSR count). The molecule has 1 aliphatic heterocycles. The van der Waals surface area contributed by atoms with Crippen LogP contribution in [-0.2, 0) is 7.05 Å². The molecule has 0 radical (unpaired) electrons. The molecule has 33 heavy (non-hydrogen) atoms. The number of pyridine rings is 1. The van der Waals surface area contributed by atoms with E-state index < -0.39 is 5.82 Å². The predicted octanol–water partition coefficient (Wildman–Crippen LogP) is 4.88. The van der Waals surface area contributed by atoms with Crippen LogP contribution < -0.4 is 16.3 Å². The highest BCUT2D eigenvalue weighted by atomic mass is 35.5. The van der Waals surface area contributed by atoms with Gasteiger partial charge in [0.2, 0.25) is 0 Å². The molecule has 4 aromatic rings. The van der Waals surface area contributed by atoms with Crippen LogP contribution in [0, 0.1) is 5.82 Å². The second-order valence-corrected chi connectivity index (χ2v) is 8.65. The summed E-state index contributed by atoms with van der Waals surface area (Å²) in [6.07, 6.45) is 7.33. The third kappa shape index (κ3) is 3.89. The highest BCUT2D eigenvalue weighted by Crippen LogP contribution is 2.38. The first-order valence-electron chi connectivity index (χ1n) is 10.8. The van der Waals surface area contributed by atoms with Gasteiger partial charge in [-0.05, 0) is 60.4 Å². The summed E-state index contributed by atoms with van der Waals surface area (Å²) < 4.78 is 17.6. The standard InChI is InChI=1S/C25H23ClFN5O/c1-30-10-11-32(25(30)33)22-5-4-16(12-21(22)26)19-14-18(27)15-20(24(19)28)17-6-7-29-23(13-17)31-8-2-3-9-31/h4-7,10-15H,2-3,8-9,28H2,1H3. The van der Waals surface area contributed by atoms with Gasteiger partial charge in [0.15, 0.2) is 0 Å². The lowest BCUT2D eigenvalue weighted by Crippen LogP contribution is -2.20. The van der Waals surface area contributed by atoms with Crippen LogP contribution in [0.5, 0.6) is 0 Å². The first kappa shape index (κ1) is 21.3. The number of nitrogens with zero attached hydrogens (tertiary/aromatic N) is 4. The summed E-state index contributed by atoms with van der Waals surface area (Å²) >= 11 is 6.52. The molecule has 8 heteroatoms. The SMILES string of the molecule is Cn1ccn(-c2ccc(-c3cc(F)cc(-c4ccnc(N5CCCC5)c4)c3N)cc2Cl)c1=O. The zero-order valence-corrected chi connectivity index (χ0v) is 18.9. The Hall–Kier alpha value is -3.58. The minimum absolute atomic E-state index is 0.205. The highest BCUT2D eigenvalue weighted by Gasteiger charge is 2.17. The normalized spacial score (nSPS) is 13.6. The van der Waals surface area contributed by atoms with E-state index in [4.69, 9.17) is 17.3 Å². The highest BCUT2D eigenvalue weighted by molar-refractivity contribution is 6.32. The van der Waals surface area contributed by atoms with Crippen molar-refractivity contribution in [2.75, 3.05) is 23.7 Å². The first-order valence-corrected chi connectivity index (χ1v) is 11.1. The Labute approximate surface area is 195 Å². The quantitative estimate of drug-likeness (QED) is 0.438. The number of anilines is 2. The van der Waals surface area contributed by atoms with Gasteiger partial charge < -0.3 is 15.2 Å². The van der Waals surface area contributed by atoms with Crippen LogP contribution in [-0.4, -0.2) is 27.2 Å². The maximum absolute atomic E-state index is 14.7. The fourth-order valence-corrected chi connectivity index (χ4v) is 4.59. The molecule has 0 aliphatic carbocycles. The molecular formula is C25H23ClFN5O. The van der Waals surface area contributed by atoms with Crippen molar-refractivity contribution < 1.29 is 4.39 Å². The van der Waals surface area contributed by atoms with Crippen LogP contribution in [0.3, 0.4) is 0 Å². The average molecular weight is 464 g/mol. The molecule has 0 bridgehead atoms. The fraction of sp³-hybridized carbons (Fsp3) is 0.200. The lowest BCUT2D eigenvalue weighted by atomic mass is 9.96. The summed E-state index contributed by atoms with van der Waals surface area (Å²) in [5.41, 5.74) is 9.96. The monoisotopic (exact) mass is 463 g/mol. The average Bonchev–Trinajstić information content (AvgIpc) is 3.46. The van der Waals surface area contributed by atoms with Gasteiger partial charge in [0.05, 0.1) is 10.7 Å². The van der Waals surface area contributed by atoms with Crippen molar-refractivity contribution in [3.8, 4) is 27.9 Å². The Morgan fingerprint density at radius 3 is 2.33 bits per heavy atom. The molecule has 0 saturated carbocycles. The number of nitrogens with two attached hydrogens (primary N) is 1. The Morgan fingerprint density at radius 1 is 1.00 bits per heavy atom. The van der Waals surface area contributed by atoms with E-state index in [9.17, 15) is 9.18 Å². The number of rotatable bonds is 4. The second kappa shape index (κ2) is 8.41. The smallest absolute Gasteiger partial charge is 0.332 e. The molecule has 0 spiro atoms. The van der Waals surface area contributed by atoms with Gasteiger partial charge in [-0.2, -0.15) is 0 Å². The van der Waals surface area contributed by atoms with Crippen LogP contribution in [0.25, 0.3) is 27.9 Å². The van der Waals surface area contributed by atoms with Crippen molar-refractivity contribution in [3.63, 3.8) is 0 Å². The van der Waals surface area contributed by atoms with Crippen LogP contribution in [0.2, 0.25) is 5.02 Å². The molecule has 0 unspecified atom stereocenters. The minimum atomic E-state index is -0.395. The van der Waals surface area contributed by atoms with Gasteiger partial charge in [-0.25, -0.2) is 14.2 Å². The van der Waals surface area contributed by atoms with Gasteiger partial charge in [0.1, 0.15) is 11.6 Å². The van der Waals surface area contributed by atoms with Gasteiger partial charge in [-0.1, -0.05) is 17.7 Å². The molecule has 3 heterocycles. The van der Waals surface area contributed by atoms with E-state index in [2.05, 4.69) is 9.88 Å². The summed E-state index contributed by atoms with van der Waals surface area (Å²) in [6, 6.07) is 11.9. The number of imidazole rings is 1. The Balaban J connectivity index is 1.57. The van der Waals surface area contributed by atoms with Crippen molar-refractivity contribution in [1.29, 1.82) is 0 Å². The van der Waals surface area contributed by atoms with Gasteiger partial charge in [0.25, 0.3) is 0 Å². The van der Waals surface area contributed by atoms with Gasteiger partial charge in [0, 0.05) is 55.5 Å². The van der Waals surface area contributed by atoms with Crippen LogP contribution in [0.15, 0.2) is 65.8 Å². The van der Waals surface area contributed by atoms with Crippen LogP contribution in [0.4, 0.5) is 15.9 Å². The zero-order chi connectivity index (χ0) is 23.1. The zero-order valence-electron chi connectivity index (χ0n) is 18.1. The van der Waals surface area contributed by atoms with E-state index in [0.29, 0.717) is 33.1 Å². The Morgan fingerprint density at radius 2 is 1.70 bits per heavy atom. The number of nitrogen functional groups attached to an aromatic ring is 1. The number of aromatic nitrogens is 3. The molecule has 168 valence electrons. The number of halogens is 2. The summed E-state index contributed by atoms with van der Waals surface area (Å²) in [6.45, 7) is 1.94. The number of hydrogen-bond acceptors (Lipinski definition) is 4. The fourth-order valence-electron chi connectivity index (χ4n) is 4.32. The number of aryl methyl sites for hydroxylation is 1. The molecule has 2 N–H and O–H groups in total. The molecule has 1 aliphatic rings. The molecule has 1 saturated heterocycles. The maximum atomic E-state index is 14.7. The topological polar surface area (TPSA) is 69.1 Å². The molecule has 0 amide bonds. The largest absolute Gasteiger partial charge is 0.398 e. The summed E-state index contributed by atoms with van der Waals surface area (Å²) in [5.74, 6) is 0.476. The molecule has 2 aromatic heterocycles. The number of benzene rings is 2. The third-order valence-corrected chi connectivity index (χ3v) is 6.40. The van der Waals surface area contributed by atoms with Crippen molar-refractivity contribution in [1.82, 2.24) is 14.1 Å². The van der Waals surface area contributed by atoms with E-state index >= 15 is 0 Å². The van der Waals surface area contributed by atoms with Crippen molar-refractivity contribution in [3.05, 3.63) is 82.4 Å². The third-order valence-electron chi connectivity index (χ3n) is 6.10. The lowest BCUT2D eigenvalue weighted by molar-refractivity contribution is 0.629. The van der Waals surface area contributed by atoms with Crippen molar-refractivity contribution in [2.24, 2.45) is 7.05 Å².